The zero-order valence-electron chi connectivity index (χ0n) is 18.9. The standard InChI is InChI=1S/C23H30BNO6/c1-22(2)23(3,4)31-24(30-22)18-11-7-16(8-12-18)15-29-21(26)25-19-13-9-17(10-14-19)20(27-5)28-6/h7-14,20H,15H2,1-6H3,(H,25,26). The molecule has 0 aromatic heterocycles. The van der Waals surface area contributed by atoms with Crippen molar-refractivity contribution >= 4 is 24.4 Å². The van der Waals surface area contributed by atoms with Gasteiger partial charge in [-0.3, -0.25) is 5.32 Å². The second kappa shape index (κ2) is 9.40. The summed E-state index contributed by atoms with van der Waals surface area (Å²) < 4.78 is 27.8. The molecule has 2 aromatic rings. The molecular weight excluding hydrogens is 397 g/mol. The van der Waals surface area contributed by atoms with Crippen molar-refractivity contribution < 1.29 is 28.3 Å². The third-order valence-electron chi connectivity index (χ3n) is 5.73. The highest BCUT2D eigenvalue weighted by atomic mass is 16.7. The van der Waals surface area contributed by atoms with E-state index in [1.807, 2.05) is 64.1 Å². The summed E-state index contributed by atoms with van der Waals surface area (Å²) in [5.41, 5.74) is 2.50. The number of carbonyl (C=O) groups excluding carboxylic acids is 1. The minimum absolute atomic E-state index is 0.156. The fraction of sp³-hybridized carbons (Fsp3) is 0.435. The van der Waals surface area contributed by atoms with Gasteiger partial charge in [-0.25, -0.2) is 4.79 Å². The molecule has 31 heavy (non-hydrogen) atoms. The van der Waals surface area contributed by atoms with Gasteiger partial charge >= 0.3 is 13.2 Å². The number of ether oxygens (including phenoxy) is 3. The summed E-state index contributed by atoms with van der Waals surface area (Å²) in [6, 6.07) is 14.8. The number of methoxy groups -OCH3 is 2. The van der Waals surface area contributed by atoms with E-state index in [4.69, 9.17) is 23.5 Å². The van der Waals surface area contributed by atoms with E-state index >= 15 is 0 Å². The topological polar surface area (TPSA) is 75.3 Å². The van der Waals surface area contributed by atoms with Crippen LogP contribution in [-0.4, -0.2) is 38.6 Å². The second-order valence-corrected chi connectivity index (χ2v) is 8.46. The molecule has 1 saturated heterocycles. The van der Waals surface area contributed by atoms with Gasteiger partial charge in [0.25, 0.3) is 0 Å². The molecule has 3 rings (SSSR count). The lowest BCUT2D eigenvalue weighted by Gasteiger charge is -2.32. The van der Waals surface area contributed by atoms with Crippen LogP contribution in [0.3, 0.4) is 0 Å². The summed E-state index contributed by atoms with van der Waals surface area (Å²) in [5, 5.41) is 2.71. The minimum Gasteiger partial charge on any atom is -0.444 e. The third-order valence-corrected chi connectivity index (χ3v) is 5.73. The normalized spacial score (nSPS) is 17.1. The van der Waals surface area contributed by atoms with E-state index in [1.54, 1.807) is 26.4 Å². The quantitative estimate of drug-likeness (QED) is 0.531. The number of carbonyl (C=O) groups is 1. The molecule has 1 aliphatic heterocycles. The van der Waals surface area contributed by atoms with Crippen molar-refractivity contribution in [3.05, 3.63) is 59.7 Å². The molecule has 0 spiro atoms. The summed E-state index contributed by atoms with van der Waals surface area (Å²) in [5.74, 6) is 0. The Morgan fingerprint density at radius 1 is 0.935 bits per heavy atom. The summed E-state index contributed by atoms with van der Waals surface area (Å²) in [4.78, 5) is 12.1. The maximum atomic E-state index is 12.1. The molecule has 1 amide bonds. The fourth-order valence-corrected chi connectivity index (χ4v) is 3.14. The Morgan fingerprint density at radius 2 is 1.48 bits per heavy atom. The van der Waals surface area contributed by atoms with Gasteiger partial charge in [0, 0.05) is 25.5 Å². The van der Waals surface area contributed by atoms with Gasteiger partial charge in [-0.2, -0.15) is 0 Å². The number of anilines is 1. The Bertz CT molecular complexity index is 862. The van der Waals surface area contributed by atoms with Crippen molar-refractivity contribution in [3.8, 4) is 0 Å². The van der Waals surface area contributed by atoms with E-state index in [2.05, 4.69) is 5.32 Å². The van der Waals surface area contributed by atoms with Crippen molar-refractivity contribution in [2.45, 2.75) is 51.8 Å². The average molecular weight is 427 g/mol. The Hall–Kier alpha value is -2.39. The van der Waals surface area contributed by atoms with Gasteiger partial charge in [0.1, 0.15) is 6.61 Å². The number of amides is 1. The number of rotatable bonds is 7. The first-order chi connectivity index (χ1) is 14.6. The van der Waals surface area contributed by atoms with Crippen LogP contribution in [0.25, 0.3) is 0 Å². The molecule has 0 unspecified atom stereocenters. The molecule has 0 radical (unpaired) electrons. The molecule has 0 atom stereocenters. The SMILES string of the molecule is COC(OC)c1ccc(NC(=O)OCc2ccc(B3OC(C)(C)C(C)(C)O3)cc2)cc1. The van der Waals surface area contributed by atoms with E-state index in [1.165, 1.54) is 0 Å². The van der Waals surface area contributed by atoms with Crippen LogP contribution in [-0.2, 0) is 30.1 Å². The van der Waals surface area contributed by atoms with E-state index < -0.39 is 19.5 Å². The van der Waals surface area contributed by atoms with Crippen molar-refractivity contribution in [3.63, 3.8) is 0 Å². The molecular formula is C23H30BNO6. The lowest BCUT2D eigenvalue weighted by Crippen LogP contribution is -2.41. The number of hydrogen-bond donors (Lipinski definition) is 1. The Balaban J connectivity index is 1.51. The Morgan fingerprint density at radius 3 is 2.00 bits per heavy atom. The molecule has 1 heterocycles. The van der Waals surface area contributed by atoms with Crippen LogP contribution in [0.1, 0.15) is 45.1 Å². The molecule has 166 valence electrons. The predicted octanol–water partition coefficient (Wildman–Crippen LogP) is 4.03. The molecule has 0 saturated carbocycles. The highest BCUT2D eigenvalue weighted by Gasteiger charge is 2.51. The minimum atomic E-state index is -0.530. The smallest absolute Gasteiger partial charge is 0.444 e. The van der Waals surface area contributed by atoms with Gasteiger partial charge in [0.15, 0.2) is 6.29 Å². The third kappa shape index (κ3) is 5.46. The summed E-state index contributed by atoms with van der Waals surface area (Å²) >= 11 is 0. The highest BCUT2D eigenvalue weighted by Crippen LogP contribution is 2.36. The van der Waals surface area contributed by atoms with Gasteiger partial charge in [-0.1, -0.05) is 36.4 Å². The summed E-state index contributed by atoms with van der Waals surface area (Å²) in [7, 11) is 2.72. The largest absolute Gasteiger partial charge is 0.494 e. The van der Waals surface area contributed by atoms with Gasteiger partial charge < -0.3 is 23.5 Å². The molecule has 7 nitrogen and oxygen atoms in total. The number of nitrogens with one attached hydrogen (secondary N) is 1. The molecule has 0 bridgehead atoms. The first-order valence-corrected chi connectivity index (χ1v) is 10.2. The number of hydrogen-bond acceptors (Lipinski definition) is 6. The Labute approximate surface area is 184 Å². The van der Waals surface area contributed by atoms with Crippen LogP contribution in [0, 0.1) is 0 Å². The van der Waals surface area contributed by atoms with E-state index in [0.29, 0.717) is 5.69 Å². The van der Waals surface area contributed by atoms with Crippen LogP contribution in [0.5, 0.6) is 0 Å². The van der Waals surface area contributed by atoms with Crippen LogP contribution >= 0.6 is 0 Å². The number of benzene rings is 2. The molecule has 8 heteroatoms. The van der Waals surface area contributed by atoms with E-state index in [-0.39, 0.29) is 17.8 Å². The van der Waals surface area contributed by atoms with Crippen molar-refractivity contribution in [1.29, 1.82) is 0 Å². The lowest BCUT2D eigenvalue weighted by atomic mass is 9.79. The lowest BCUT2D eigenvalue weighted by molar-refractivity contribution is -0.106. The second-order valence-electron chi connectivity index (χ2n) is 8.46. The van der Waals surface area contributed by atoms with Crippen LogP contribution < -0.4 is 10.8 Å². The monoisotopic (exact) mass is 427 g/mol. The maximum absolute atomic E-state index is 12.1. The van der Waals surface area contributed by atoms with E-state index in [9.17, 15) is 4.79 Å². The summed E-state index contributed by atoms with van der Waals surface area (Å²) in [6.07, 6.45) is -0.973. The fourth-order valence-electron chi connectivity index (χ4n) is 3.14. The first-order valence-electron chi connectivity index (χ1n) is 10.2. The summed E-state index contributed by atoms with van der Waals surface area (Å²) in [6.45, 7) is 8.25. The van der Waals surface area contributed by atoms with Crippen molar-refractivity contribution in [2.24, 2.45) is 0 Å². The van der Waals surface area contributed by atoms with Crippen molar-refractivity contribution in [2.75, 3.05) is 19.5 Å². The van der Waals surface area contributed by atoms with Crippen LogP contribution in [0.2, 0.25) is 0 Å². The van der Waals surface area contributed by atoms with Crippen LogP contribution in [0.4, 0.5) is 10.5 Å². The van der Waals surface area contributed by atoms with Crippen molar-refractivity contribution in [1.82, 2.24) is 0 Å². The molecule has 0 aliphatic carbocycles. The zero-order valence-corrected chi connectivity index (χ0v) is 18.9. The van der Waals surface area contributed by atoms with Crippen LogP contribution in [0.15, 0.2) is 48.5 Å². The zero-order chi connectivity index (χ0) is 22.6. The van der Waals surface area contributed by atoms with Gasteiger partial charge in [0.2, 0.25) is 0 Å². The molecule has 2 aromatic carbocycles. The molecule has 1 N–H and O–H groups in total. The average Bonchev–Trinajstić information content (AvgIpc) is 2.96. The van der Waals surface area contributed by atoms with Gasteiger partial charge in [-0.15, -0.1) is 0 Å². The highest BCUT2D eigenvalue weighted by molar-refractivity contribution is 6.62. The molecule has 1 aliphatic rings. The first kappa shape index (κ1) is 23.3. The molecule has 1 fully saturated rings. The van der Waals surface area contributed by atoms with Gasteiger partial charge in [0.05, 0.1) is 11.2 Å². The van der Waals surface area contributed by atoms with E-state index in [0.717, 1.165) is 16.6 Å². The Kier molecular flexibility index (Phi) is 7.06. The maximum Gasteiger partial charge on any atom is 0.494 e. The van der Waals surface area contributed by atoms with Gasteiger partial charge in [-0.05, 0) is 50.9 Å². The predicted molar refractivity (Wildman–Crippen MR) is 119 cm³/mol.